The molecule has 400 valence electrons. The molecule has 0 aromatic carbocycles. The predicted octanol–water partition coefficient (Wildman–Crippen LogP) is 20.3. The summed E-state index contributed by atoms with van der Waals surface area (Å²) in [5.41, 5.74) is 0. The van der Waals surface area contributed by atoms with Crippen LogP contribution in [0.4, 0.5) is 0 Å². The SMILES string of the molecule is CCCCC/C=C\C/C=C\CCCCCCCCCC(=O)OC(COC(=O)CCCCCCCCCCCCCCCCC)COC(=O)CCCCCCCCCCCCCCCCCCCC. The van der Waals surface area contributed by atoms with Crippen LogP contribution in [0.3, 0.4) is 0 Å². The molecule has 1 atom stereocenters. The van der Waals surface area contributed by atoms with Gasteiger partial charge in [-0.2, -0.15) is 0 Å². The number of rotatable bonds is 56. The van der Waals surface area contributed by atoms with Gasteiger partial charge in [-0.25, -0.2) is 0 Å². The van der Waals surface area contributed by atoms with Crippen molar-refractivity contribution in [1.82, 2.24) is 0 Å². The minimum Gasteiger partial charge on any atom is -0.462 e. The number of hydrogen-bond acceptors (Lipinski definition) is 6. The molecule has 0 N–H and O–H groups in total. The van der Waals surface area contributed by atoms with E-state index in [9.17, 15) is 14.4 Å². The van der Waals surface area contributed by atoms with Crippen molar-refractivity contribution in [2.24, 2.45) is 0 Å². The van der Waals surface area contributed by atoms with Crippen molar-refractivity contribution < 1.29 is 28.6 Å². The maximum absolute atomic E-state index is 12.9. The van der Waals surface area contributed by atoms with Crippen LogP contribution in [0, 0.1) is 0 Å². The van der Waals surface area contributed by atoms with Crippen molar-refractivity contribution in [1.29, 1.82) is 0 Å². The number of allylic oxidation sites excluding steroid dienone is 4. The fourth-order valence-electron chi connectivity index (χ4n) is 9.12. The molecule has 0 fully saturated rings. The zero-order chi connectivity index (χ0) is 49.3. The molecule has 0 aromatic heterocycles. The maximum atomic E-state index is 12.9. The second-order valence-electron chi connectivity index (χ2n) is 20.6. The summed E-state index contributed by atoms with van der Waals surface area (Å²) < 4.78 is 16.9. The summed E-state index contributed by atoms with van der Waals surface area (Å²) in [6.07, 6.45) is 67.4. The third kappa shape index (κ3) is 54.8. The van der Waals surface area contributed by atoms with Crippen molar-refractivity contribution in [2.45, 2.75) is 341 Å². The lowest BCUT2D eigenvalue weighted by Crippen LogP contribution is -2.30. The van der Waals surface area contributed by atoms with Gasteiger partial charge in [-0.05, 0) is 51.4 Å². The summed E-state index contributed by atoms with van der Waals surface area (Å²) in [6.45, 7) is 6.67. The lowest BCUT2D eigenvalue weighted by Gasteiger charge is -2.18. The molecule has 6 nitrogen and oxygen atoms in total. The summed E-state index contributed by atoms with van der Waals surface area (Å²) in [5.74, 6) is -0.851. The fraction of sp³-hybridized carbons (Fsp3) is 0.887. The van der Waals surface area contributed by atoms with Gasteiger partial charge in [-0.1, -0.05) is 289 Å². The van der Waals surface area contributed by atoms with Gasteiger partial charge in [0, 0.05) is 19.3 Å². The normalized spacial score (nSPS) is 12.1. The van der Waals surface area contributed by atoms with Gasteiger partial charge >= 0.3 is 17.9 Å². The monoisotopic (exact) mass is 957 g/mol. The van der Waals surface area contributed by atoms with E-state index in [0.717, 1.165) is 70.6 Å². The Labute approximate surface area is 423 Å². The van der Waals surface area contributed by atoms with Gasteiger partial charge in [-0.3, -0.25) is 14.4 Å². The molecule has 0 radical (unpaired) electrons. The number of ether oxygens (including phenoxy) is 3. The van der Waals surface area contributed by atoms with Crippen molar-refractivity contribution >= 4 is 17.9 Å². The molecule has 0 aromatic rings. The number of esters is 3. The molecule has 68 heavy (non-hydrogen) atoms. The molecule has 0 saturated carbocycles. The van der Waals surface area contributed by atoms with Crippen LogP contribution in [-0.4, -0.2) is 37.2 Å². The Balaban J connectivity index is 4.32. The lowest BCUT2D eigenvalue weighted by molar-refractivity contribution is -0.167. The van der Waals surface area contributed by atoms with Crippen molar-refractivity contribution in [3.63, 3.8) is 0 Å². The van der Waals surface area contributed by atoms with Crippen molar-refractivity contribution in [3.8, 4) is 0 Å². The first-order chi connectivity index (χ1) is 33.5. The van der Waals surface area contributed by atoms with Gasteiger partial charge in [-0.15, -0.1) is 0 Å². The summed E-state index contributed by atoms with van der Waals surface area (Å²) in [4.78, 5) is 38.2. The highest BCUT2D eigenvalue weighted by Crippen LogP contribution is 2.17. The Hall–Kier alpha value is -2.11. The summed E-state index contributed by atoms with van der Waals surface area (Å²) in [7, 11) is 0. The Morgan fingerprint density at radius 3 is 0.838 bits per heavy atom. The average molecular weight is 958 g/mol. The number of carbonyl (C=O) groups is 3. The molecule has 0 amide bonds. The van der Waals surface area contributed by atoms with Gasteiger partial charge in [0.05, 0.1) is 0 Å². The highest BCUT2D eigenvalue weighted by atomic mass is 16.6. The minimum atomic E-state index is -0.771. The first-order valence-corrected chi connectivity index (χ1v) is 30.3. The molecule has 0 aliphatic rings. The van der Waals surface area contributed by atoms with Crippen molar-refractivity contribution in [3.05, 3.63) is 24.3 Å². The molecule has 0 aliphatic heterocycles. The molecular formula is C62H116O6. The molecule has 0 aliphatic carbocycles. The standard InChI is InChI=1S/C62H116O6/c1-4-7-10-13-16-19-22-25-28-30-32-34-37-40-43-46-49-52-55-61(64)67-58-59(57-66-60(63)54-51-48-45-42-39-36-33-27-24-21-18-15-12-9-6-3)68-62(65)56-53-50-47-44-41-38-35-31-29-26-23-20-17-14-11-8-5-2/h17,20,26,29,59H,4-16,18-19,21-25,27-28,30-58H2,1-3H3/b20-17-,29-26-. The van der Waals surface area contributed by atoms with Crippen LogP contribution in [0.5, 0.6) is 0 Å². The van der Waals surface area contributed by atoms with E-state index in [4.69, 9.17) is 14.2 Å². The Morgan fingerprint density at radius 1 is 0.294 bits per heavy atom. The highest BCUT2D eigenvalue weighted by Gasteiger charge is 2.19. The third-order valence-corrected chi connectivity index (χ3v) is 13.7. The topological polar surface area (TPSA) is 78.9 Å². The van der Waals surface area contributed by atoms with E-state index in [0.29, 0.717) is 19.3 Å². The Morgan fingerprint density at radius 2 is 0.529 bits per heavy atom. The molecule has 0 bridgehead atoms. The van der Waals surface area contributed by atoms with Crippen LogP contribution in [-0.2, 0) is 28.6 Å². The van der Waals surface area contributed by atoms with Crippen LogP contribution < -0.4 is 0 Å². The zero-order valence-corrected chi connectivity index (χ0v) is 45.9. The minimum absolute atomic E-state index is 0.0687. The summed E-state index contributed by atoms with van der Waals surface area (Å²) >= 11 is 0. The van der Waals surface area contributed by atoms with E-state index < -0.39 is 6.10 Å². The van der Waals surface area contributed by atoms with Crippen molar-refractivity contribution in [2.75, 3.05) is 13.2 Å². The number of unbranched alkanes of at least 4 members (excludes halogenated alkanes) is 41. The summed E-state index contributed by atoms with van der Waals surface area (Å²) in [5, 5.41) is 0. The van der Waals surface area contributed by atoms with Crippen LogP contribution in [0.1, 0.15) is 335 Å². The molecule has 0 heterocycles. The zero-order valence-electron chi connectivity index (χ0n) is 45.9. The van der Waals surface area contributed by atoms with Crippen LogP contribution in [0.25, 0.3) is 0 Å². The van der Waals surface area contributed by atoms with E-state index in [2.05, 4.69) is 45.1 Å². The van der Waals surface area contributed by atoms with Crippen LogP contribution in [0.15, 0.2) is 24.3 Å². The van der Waals surface area contributed by atoms with Crippen LogP contribution in [0.2, 0.25) is 0 Å². The molecule has 0 spiro atoms. The van der Waals surface area contributed by atoms with E-state index in [1.165, 1.54) is 225 Å². The maximum Gasteiger partial charge on any atom is 0.306 e. The summed E-state index contributed by atoms with van der Waals surface area (Å²) in [6, 6.07) is 0. The first kappa shape index (κ1) is 65.9. The Kier molecular flexibility index (Phi) is 55.7. The first-order valence-electron chi connectivity index (χ1n) is 30.3. The van der Waals surface area contributed by atoms with Gasteiger partial charge in [0.25, 0.3) is 0 Å². The second kappa shape index (κ2) is 57.5. The van der Waals surface area contributed by atoms with Gasteiger partial charge in [0.2, 0.25) is 0 Å². The smallest absolute Gasteiger partial charge is 0.306 e. The van der Waals surface area contributed by atoms with E-state index in [1.807, 2.05) is 0 Å². The fourth-order valence-corrected chi connectivity index (χ4v) is 9.12. The van der Waals surface area contributed by atoms with E-state index in [1.54, 1.807) is 0 Å². The number of carbonyl (C=O) groups excluding carboxylic acids is 3. The molecule has 1 unspecified atom stereocenters. The molecule has 0 saturated heterocycles. The lowest BCUT2D eigenvalue weighted by atomic mass is 10.0. The van der Waals surface area contributed by atoms with Gasteiger partial charge < -0.3 is 14.2 Å². The molecule has 0 rings (SSSR count). The largest absolute Gasteiger partial charge is 0.462 e. The van der Waals surface area contributed by atoms with Crippen LogP contribution >= 0.6 is 0 Å². The van der Waals surface area contributed by atoms with Gasteiger partial charge in [0.1, 0.15) is 13.2 Å². The number of hydrogen-bond donors (Lipinski definition) is 0. The molecule has 6 heteroatoms. The van der Waals surface area contributed by atoms with Gasteiger partial charge in [0.15, 0.2) is 6.10 Å². The molecular weight excluding hydrogens is 841 g/mol. The van der Waals surface area contributed by atoms with E-state index in [-0.39, 0.29) is 31.1 Å². The predicted molar refractivity (Wildman–Crippen MR) is 293 cm³/mol. The quantitative estimate of drug-likeness (QED) is 0.0262. The third-order valence-electron chi connectivity index (χ3n) is 13.7. The second-order valence-corrected chi connectivity index (χ2v) is 20.6. The highest BCUT2D eigenvalue weighted by molar-refractivity contribution is 5.71. The average Bonchev–Trinajstić information content (AvgIpc) is 3.34. The Bertz CT molecular complexity index is 1100. The van der Waals surface area contributed by atoms with E-state index >= 15 is 0 Å².